The van der Waals surface area contributed by atoms with Crippen LogP contribution in [0.5, 0.6) is 5.75 Å². The Morgan fingerprint density at radius 1 is 1.19 bits per heavy atom. The van der Waals surface area contributed by atoms with Gasteiger partial charge in [0.2, 0.25) is 0 Å². The van der Waals surface area contributed by atoms with Crippen molar-refractivity contribution in [2.24, 2.45) is 5.92 Å². The molecule has 3 N–H and O–H groups in total. The summed E-state index contributed by atoms with van der Waals surface area (Å²) in [6, 6.07) is 5.80. The van der Waals surface area contributed by atoms with Crippen LogP contribution in [-0.4, -0.2) is 42.6 Å². The van der Waals surface area contributed by atoms with Gasteiger partial charge in [-0.2, -0.15) is 13.2 Å². The number of nitrogen functional groups attached to an aromatic ring is 1. The first-order valence-corrected chi connectivity index (χ1v) is 13.8. The third kappa shape index (κ3) is 5.22. The Bertz CT molecular complexity index is 1390. The number of hydrogen-bond donors (Lipinski definition) is 2. The van der Waals surface area contributed by atoms with Crippen LogP contribution in [0.15, 0.2) is 46.8 Å². The average Bonchev–Trinajstić information content (AvgIpc) is 3.34. The van der Waals surface area contributed by atoms with Crippen LogP contribution >= 0.6 is 11.3 Å². The van der Waals surface area contributed by atoms with Gasteiger partial charge in [-0.25, -0.2) is 22.8 Å². The van der Waals surface area contributed by atoms with Crippen molar-refractivity contribution in [2.45, 2.75) is 42.4 Å². The van der Waals surface area contributed by atoms with E-state index in [9.17, 15) is 21.6 Å². The number of nitrogens with zero attached hydrogens (tertiary/aromatic N) is 3. The number of sulfonamides is 1. The van der Waals surface area contributed by atoms with E-state index < -0.39 is 44.9 Å². The largest absolute Gasteiger partial charge is 0.493 e. The lowest BCUT2D eigenvalue weighted by Crippen LogP contribution is -2.44. The van der Waals surface area contributed by atoms with Gasteiger partial charge >= 0.3 is 6.18 Å². The number of nitrogens with one attached hydrogen (secondary N) is 1. The summed E-state index contributed by atoms with van der Waals surface area (Å²) in [5, 5.41) is 1.66. The molecule has 2 aliphatic rings. The Labute approximate surface area is 214 Å². The molecule has 198 valence electrons. The number of aromatic nitrogens is 2. The molecular weight excluding hydrogens is 534 g/mol. The van der Waals surface area contributed by atoms with Crippen molar-refractivity contribution in [2.75, 3.05) is 23.6 Å². The molecule has 37 heavy (non-hydrogen) atoms. The number of thiazole rings is 1. The van der Waals surface area contributed by atoms with Gasteiger partial charge in [-0.1, -0.05) is 6.07 Å². The van der Waals surface area contributed by atoms with Gasteiger partial charge in [0.1, 0.15) is 22.3 Å². The zero-order valence-corrected chi connectivity index (χ0v) is 20.9. The molecule has 1 saturated heterocycles. The summed E-state index contributed by atoms with van der Waals surface area (Å²) in [4.78, 5) is 9.40. The van der Waals surface area contributed by atoms with Gasteiger partial charge in [0.15, 0.2) is 5.13 Å². The number of hydrogen-bond acceptors (Lipinski definition) is 8. The van der Waals surface area contributed by atoms with Gasteiger partial charge in [-0.15, -0.1) is 11.3 Å². The van der Waals surface area contributed by atoms with Crippen LogP contribution in [0, 0.1) is 11.7 Å². The van der Waals surface area contributed by atoms with E-state index in [1.165, 1.54) is 6.20 Å². The second-order valence-corrected chi connectivity index (χ2v) is 11.5. The highest BCUT2D eigenvalue weighted by atomic mass is 32.2. The molecule has 1 fully saturated rings. The van der Waals surface area contributed by atoms with E-state index in [-0.39, 0.29) is 42.7 Å². The third-order valence-electron chi connectivity index (χ3n) is 6.66. The van der Waals surface area contributed by atoms with E-state index in [0.29, 0.717) is 17.7 Å². The maximum absolute atomic E-state index is 15.2. The molecule has 0 saturated carbocycles. The topological polar surface area (TPSA) is 110 Å². The van der Waals surface area contributed by atoms with Crippen LogP contribution in [0.4, 0.5) is 28.5 Å². The maximum atomic E-state index is 15.2. The van der Waals surface area contributed by atoms with E-state index in [1.54, 1.807) is 23.6 Å². The molecule has 1 aromatic carbocycles. The number of halogens is 4. The highest BCUT2D eigenvalue weighted by Gasteiger charge is 2.47. The van der Waals surface area contributed by atoms with E-state index in [1.807, 2.05) is 4.90 Å². The van der Waals surface area contributed by atoms with Gasteiger partial charge < -0.3 is 10.5 Å². The fraction of sp³-hybridized carbons (Fsp3) is 0.391. The van der Waals surface area contributed by atoms with Gasteiger partial charge in [-0.05, 0) is 31.0 Å². The molecule has 1 unspecified atom stereocenters. The minimum Gasteiger partial charge on any atom is -0.493 e. The third-order valence-corrected chi connectivity index (χ3v) is 8.83. The fourth-order valence-corrected chi connectivity index (χ4v) is 6.83. The molecule has 8 nitrogen and oxygen atoms in total. The maximum Gasteiger partial charge on any atom is 0.391 e. The van der Waals surface area contributed by atoms with Gasteiger partial charge in [0, 0.05) is 42.2 Å². The molecule has 3 aromatic rings. The number of anilines is 2. The van der Waals surface area contributed by atoms with Crippen LogP contribution < -0.4 is 15.2 Å². The van der Waals surface area contributed by atoms with Crippen molar-refractivity contribution in [3.05, 3.63) is 59.0 Å². The van der Waals surface area contributed by atoms with Crippen molar-refractivity contribution >= 4 is 32.3 Å². The summed E-state index contributed by atoms with van der Waals surface area (Å²) < 4.78 is 89.8. The molecule has 3 atom stereocenters. The van der Waals surface area contributed by atoms with Crippen LogP contribution in [-0.2, 0) is 10.0 Å². The summed E-state index contributed by atoms with van der Waals surface area (Å²) >= 11 is 1.04. The van der Waals surface area contributed by atoms with Crippen molar-refractivity contribution in [3.8, 4) is 5.75 Å². The first kappa shape index (κ1) is 25.7. The number of fused-ring (bicyclic) bond motifs is 1. The standard InChI is InChI=1S/C23H23F4N5O3S2/c24-15-11-14-17(5-8-35-19(14)12-20(15)37(33,34)31-22-29-6-9-36-22)32-7-4-13(23(25,26)27)10-18(32)16-2-1-3-21(28)30-16/h1-3,6,9,11-13,17-18H,4-5,7-8,10H2,(H2,28,30)(H,29,31)/t13?,17-,18-/m0/s1. The van der Waals surface area contributed by atoms with E-state index in [2.05, 4.69) is 14.7 Å². The number of benzene rings is 1. The lowest BCUT2D eigenvalue weighted by Gasteiger charge is -2.45. The second kappa shape index (κ2) is 9.72. The average molecular weight is 558 g/mol. The Morgan fingerprint density at radius 3 is 2.70 bits per heavy atom. The summed E-state index contributed by atoms with van der Waals surface area (Å²) in [5.41, 5.74) is 6.59. The Hall–Kier alpha value is -2.97. The van der Waals surface area contributed by atoms with Crippen molar-refractivity contribution in [3.63, 3.8) is 0 Å². The first-order valence-electron chi connectivity index (χ1n) is 11.5. The summed E-state index contributed by atoms with van der Waals surface area (Å²) in [7, 11) is -4.29. The molecule has 0 aliphatic carbocycles. The number of rotatable bonds is 5. The zero-order valence-electron chi connectivity index (χ0n) is 19.3. The fourth-order valence-electron chi connectivity index (χ4n) is 4.96. The zero-order chi connectivity index (χ0) is 26.4. The van der Waals surface area contributed by atoms with Gasteiger partial charge in [0.05, 0.1) is 24.3 Å². The molecule has 14 heteroatoms. The molecule has 4 heterocycles. The quantitative estimate of drug-likeness (QED) is 0.430. The number of piperidine rings is 1. The normalized spacial score (nSPS) is 22.8. The van der Waals surface area contributed by atoms with E-state index in [4.69, 9.17) is 10.5 Å². The van der Waals surface area contributed by atoms with E-state index >= 15 is 4.39 Å². The molecule has 5 rings (SSSR count). The summed E-state index contributed by atoms with van der Waals surface area (Å²) in [6.45, 7) is 0.266. The molecule has 0 bridgehead atoms. The van der Waals surface area contributed by atoms with Crippen molar-refractivity contribution in [1.29, 1.82) is 0 Å². The predicted molar refractivity (Wildman–Crippen MR) is 129 cm³/mol. The number of nitrogens with two attached hydrogens (primary N) is 1. The van der Waals surface area contributed by atoms with Crippen LogP contribution in [0.1, 0.15) is 42.6 Å². The highest BCUT2D eigenvalue weighted by Crippen LogP contribution is 2.48. The number of ether oxygens (including phenoxy) is 1. The summed E-state index contributed by atoms with van der Waals surface area (Å²) in [6.07, 6.45) is -2.92. The minimum atomic E-state index is -4.36. The highest BCUT2D eigenvalue weighted by molar-refractivity contribution is 7.93. The van der Waals surface area contributed by atoms with Crippen molar-refractivity contribution in [1.82, 2.24) is 14.9 Å². The Kier molecular flexibility index (Phi) is 6.75. The van der Waals surface area contributed by atoms with Crippen LogP contribution in [0.3, 0.4) is 0 Å². The van der Waals surface area contributed by atoms with E-state index in [0.717, 1.165) is 23.5 Å². The minimum absolute atomic E-state index is 0.0842. The number of likely N-dealkylation sites (tertiary alicyclic amines) is 1. The van der Waals surface area contributed by atoms with Gasteiger partial charge in [-0.3, -0.25) is 9.62 Å². The second-order valence-electron chi connectivity index (χ2n) is 8.92. The molecular formula is C23H23F4N5O3S2. The van der Waals surface area contributed by atoms with Crippen molar-refractivity contribution < 1.29 is 30.7 Å². The number of pyridine rings is 1. The first-order chi connectivity index (χ1) is 17.5. The summed E-state index contributed by atoms with van der Waals surface area (Å²) in [5.74, 6) is -2.17. The lowest BCUT2D eigenvalue weighted by atomic mass is 9.85. The Balaban J connectivity index is 1.51. The number of alkyl halides is 3. The molecule has 2 aromatic heterocycles. The Morgan fingerprint density at radius 2 is 2.00 bits per heavy atom. The molecule has 0 spiro atoms. The molecule has 2 aliphatic heterocycles. The molecule has 0 amide bonds. The molecule has 0 radical (unpaired) electrons. The van der Waals surface area contributed by atoms with Gasteiger partial charge in [0.25, 0.3) is 10.0 Å². The smallest absolute Gasteiger partial charge is 0.391 e. The lowest BCUT2D eigenvalue weighted by molar-refractivity contribution is -0.192. The van der Waals surface area contributed by atoms with Crippen LogP contribution in [0.2, 0.25) is 0 Å². The monoisotopic (exact) mass is 557 g/mol. The van der Waals surface area contributed by atoms with Crippen LogP contribution in [0.25, 0.3) is 0 Å². The predicted octanol–water partition coefficient (Wildman–Crippen LogP) is 4.90. The SMILES string of the molecule is Nc1cccc([C@@H]2CC(C(F)(F)F)CCN2[C@H]2CCOc3cc(S(=O)(=O)Nc4nccs4)c(F)cc32)n1.